The van der Waals surface area contributed by atoms with Crippen LogP contribution in [0.1, 0.15) is 86.5 Å². The number of carbonyl (C=O) groups excluding carboxylic acids is 3. The van der Waals surface area contributed by atoms with Gasteiger partial charge in [0.15, 0.2) is 0 Å². The predicted octanol–water partition coefficient (Wildman–Crippen LogP) is 7.45. The highest BCUT2D eigenvalue weighted by molar-refractivity contribution is 8.30. The molecule has 3 aliphatic rings. The molecule has 4 heterocycles. The number of aliphatic carboxylic acids is 2. The van der Waals surface area contributed by atoms with Crippen molar-refractivity contribution < 1.29 is 34.2 Å². The first-order chi connectivity index (χ1) is 31.9. The molecule has 2 atom stereocenters. The monoisotopic (exact) mass is 982 g/mol. The highest BCUT2D eigenvalue weighted by Gasteiger charge is 2.42. The Morgan fingerprint density at radius 1 is 0.818 bits per heavy atom. The summed E-state index contributed by atoms with van der Waals surface area (Å²) in [6.07, 6.45) is 13.1. The van der Waals surface area contributed by atoms with Crippen LogP contribution < -0.4 is 25.2 Å². The zero-order valence-corrected chi connectivity index (χ0v) is 40.2. The number of carboxylic acids is 2. The zero-order chi connectivity index (χ0) is 47.1. The predicted molar refractivity (Wildman–Crippen MR) is 265 cm³/mol. The van der Waals surface area contributed by atoms with Crippen molar-refractivity contribution in [1.82, 2.24) is 14.0 Å². The third kappa shape index (κ3) is 10.5. The summed E-state index contributed by atoms with van der Waals surface area (Å²) in [5.74, 6) is -1.91. The first kappa shape index (κ1) is 48.3. The maximum atomic E-state index is 14.2. The van der Waals surface area contributed by atoms with Crippen LogP contribution in [-0.4, -0.2) is 71.4 Å². The van der Waals surface area contributed by atoms with E-state index in [1.807, 2.05) is 12.1 Å². The maximum Gasteiger partial charge on any atom is 0.373 e. The molecule has 5 aromatic rings. The second kappa shape index (κ2) is 21.8. The Labute approximate surface area is 401 Å². The Bertz CT molecular complexity index is 3090. The van der Waals surface area contributed by atoms with Gasteiger partial charge in [-0.1, -0.05) is 79.3 Å². The Morgan fingerprint density at radius 3 is 2.14 bits per heavy atom. The van der Waals surface area contributed by atoms with Crippen LogP contribution in [0.2, 0.25) is 0 Å². The maximum absolute atomic E-state index is 14.2. The minimum absolute atomic E-state index is 0.0575. The number of nitrogens with zero attached hydrogens (tertiary/aromatic N) is 4. The average Bonchev–Trinajstić information content (AvgIpc) is 4.11. The smallest absolute Gasteiger partial charge is 0.373 e. The first-order valence-electron chi connectivity index (χ1n) is 21.4. The van der Waals surface area contributed by atoms with Gasteiger partial charge in [0.25, 0.3) is 17.0 Å². The number of thioether (sulfide) groups is 2. The Kier molecular flexibility index (Phi) is 15.9. The summed E-state index contributed by atoms with van der Waals surface area (Å²) in [5, 5.41) is 18.6. The highest BCUT2D eigenvalue weighted by Crippen LogP contribution is 2.52. The van der Waals surface area contributed by atoms with Gasteiger partial charge in [-0.25, -0.2) is 0 Å². The van der Waals surface area contributed by atoms with Crippen molar-refractivity contribution in [3.63, 3.8) is 0 Å². The van der Waals surface area contributed by atoms with Crippen molar-refractivity contribution in [2.24, 2.45) is 0 Å². The fourth-order valence-electron chi connectivity index (χ4n) is 8.65. The lowest BCUT2D eigenvalue weighted by atomic mass is 9.96. The van der Waals surface area contributed by atoms with E-state index >= 15 is 0 Å². The molecule has 0 radical (unpaired) electrons. The Balaban J connectivity index is 0.00000210. The number of amides is 1. The average molecular weight is 983 g/mol. The second-order valence-electron chi connectivity index (χ2n) is 15.7. The van der Waals surface area contributed by atoms with E-state index in [0.717, 1.165) is 81.8 Å². The summed E-state index contributed by atoms with van der Waals surface area (Å²) in [7, 11) is 0. The van der Waals surface area contributed by atoms with Crippen LogP contribution in [0.25, 0.3) is 23.1 Å². The number of thiazole rings is 2. The molecule has 1 saturated carbocycles. The molecule has 2 aromatic heterocycles. The molecule has 0 spiro atoms. The van der Waals surface area contributed by atoms with Crippen molar-refractivity contribution in [2.75, 3.05) is 17.7 Å². The van der Waals surface area contributed by atoms with Crippen molar-refractivity contribution >= 4 is 121 Å². The molecular weight excluding hydrogens is 937 g/mol. The lowest BCUT2D eigenvalue weighted by molar-refractivity contribution is -0.191. The number of aromatic nitrogens is 2. The third-order valence-electron chi connectivity index (χ3n) is 11.7. The van der Waals surface area contributed by atoms with Gasteiger partial charge < -0.3 is 15.1 Å². The summed E-state index contributed by atoms with van der Waals surface area (Å²) in [5.41, 5.74) is 5.90. The lowest BCUT2D eigenvalue weighted by Gasteiger charge is -2.27. The number of hydrogen-bond donors (Lipinski definition) is 2. The minimum Gasteiger partial charge on any atom is -0.481 e. The zero-order valence-electron chi connectivity index (χ0n) is 36.1. The van der Waals surface area contributed by atoms with Gasteiger partial charge in [0.2, 0.25) is 0 Å². The molecule has 18 heteroatoms. The van der Waals surface area contributed by atoms with Gasteiger partial charge in [-0.05, 0) is 104 Å². The van der Waals surface area contributed by atoms with E-state index in [9.17, 15) is 29.1 Å². The van der Waals surface area contributed by atoms with Gasteiger partial charge >= 0.3 is 18.1 Å². The number of carbonyl (C=O) groups is 3. The van der Waals surface area contributed by atoms with Crippen LogP contribution in [0.15, 0.2) is 81.2 Å². The lowest BCUT2D eigenvalue weighted by Crippen LogP contribution is -2.32. The topological polar surface area (TPSA) is 176 Å². The van der Waals surface area contributed by atoms with Crippen LogP contribution in [-0.2, 0) is 37.1 Å². The van der Waals surface area contributed by atoms with Crippen LogP contribution in [0.5, 0.6) is 0 Å². The fourth-order valence-corrected chi connectivity index (χ4v) is 13.0. The number of rotatable bonds is 15. The molecule has 2 N–H and O–H groups in total. The van der Waals surface area contributed by atoms with Crippen LogP contribution in [0, 0.1) is 9.20 Å². The van der Waals surface area contributed by atoms with Gasteiger partial charge in [0, 0.05) is 54.3 Å². The molecule has 2 fully saturated rings. The fraction of sp³-hybridized carbons (Fsp3) is 0.312. The normalized spacial score (nSPS) is 18.1. The third-order valence-corrected chi connectivity index (χ3v) is 16.5. The molecule has 66 heavy (non-hydrogen) atoms. The van der Waals surface area contributed by atoms with Gasteiger partial charge in [-0.2, -0.15) is 9.59 Å². The summed E-state index contributed by atoms with van der Waals surface area (Å²) in [6.45, 7) is 2.28. The van der Waals surface area contributed by atoms with Crippen molar-refractivity contribution in [2.45, 2.75) is 88.2 Å². The molecule has 3 aromatic carbocycles. The van der Waals surface area contributed by atoms with E-state index in [1.165, 1.54) is 24.5 Å². The number of thiocarbonyl (C=S) groups is 1. The van der Waals surface area contributed by atoms with E-state index in [2.05, 4.69) is 84.0 Å². The standard InChI is InChI=1S/C47H46N4O7S5.CO2/c1-3-48-43(57)40(62-45(48)41-44(58)50(47(59)63-41)24-6-4-5-10-38(52)53)46-49(25-23-39(54)55)42(56)37(61-46)27-30-17-22-36-34(26-30)33-8-7-9-35(33)51(36)31-18-13-28(14-19-31)11-12-29-15-20-32(60-2)21-16-29;2-1-3/h11-22,26-27,33,35H,3-10,23-25H2,1-2H3,(H,52,53)(H,54,55);/b12-11?,37-27-,45-41+,46-40+;. The molecule has 342 valence electrons. The van der Waals surface area contributed by atoms with Crippen LogP contribution >= 0.6 is 58.4 Å². The summed E-state index contributed by atoms with van der Waals surface area (Å²) >= 11 is 10.7. The molecule has 1 amide bonds. The van der Waals surface area contributed by atoms with Gasteiger partial charge in [-0.15, -0.1) is 34.4 Å². The van der Waals surface area contributed by atoms with Gasteiger partial charge in [0.1, 0.15) is 23.1 Å². The number of unbranched alkanes of at least 4 members (excludes halogenated alkanes) is 2. The van der Waals surface area contributed by atoms with Crippen LogP contribution in [0.4, 0.5) is 11.4 Å². The van der Waals surface area contributed by atoms with Crippen molar-refractivity contribution in [3.05, 3.63) is 128 Å². The Hall–Kier alpha value is -5.62. The SMILES string of the molecule is CCn1c(=O)/c(=c2\s/c(=C\c3ccc4c(c3)C3CCCC3N4c3ccc(C=Cc4ccc(SC)cc4)cc3)c(=O)n2CCC(=O)O)s/c1=C1/SC(=S)N(CCCCCC(=O)O)C1=O.O=C=O. The van der Waals surface area contributed by atoms with Crippen molar-refractivity contribution in [3.8, 4) is 0 Å². The first-order valence-corrected chi connectivity index (χ1v) is 25.5. The van der Waals surface area contributed by atoms with Gasteiger partial charge in [0.05, 0.1) is 11.0 Å². The molecule has 2 aliphatic heterocycles. The molecule has 0 bridgehead atoms. The number of carboxylic acid groups (broad SMARTS) is 2. The molecule has 13 nitrogen and oxygen atoms in total. The van der Waals surface area contributed by atoms with E-state index in [0.29, 0.717) is 60.9 Å². The van der Waals surface area contributed by atoms with Crippen LogP contribution in [0.3, 0.4) is 0 Å². The van der Waals surface area contributed by atoms with E-state index in [1.54, 1.807) is 18.7 Å². The molecule has 8 rings (SSSR count). The molecule has 1 saturated heterocycles. The largest absolute Gasteiger partial charge is 0.481 e. The second-order valence-corrected chi connectivity index (χ2v) is 20.3. The summed E-state index contributed by atoms with van der Waals surface area (Å²) in [4.78, 5) is 86.5. The summed E-state index contributed by atoms with van der Waals surface area (Å²) < 4.78 is 4.66. The number of fused-ring (bicyclic) bond motifs is 3. The molecular formula is C48H46N4O9S5. The number of anilines is 2. The van der Waals surface area contributed by atoms with Crippen molar-refractivity contribution in [1.29, 1.82) is 0 Å². The molecule has 1 aliphatic carbocycles. The number of hydrogen-bond acceptors (Lipinski definition) is 13. The minimum atomic E-state index is -1.07. The van der Waals surface area contributed by atoms with E-state index in [4.69, 9.17) is 26.9 Å². The highest BCUT2D eigenvalue weighted by atomic mass is 32.2. The quantitative estimate of drug-likeness (QED) is 0.0458. The van der Waals surface area contributed by atoms with Gasteiger partial charge in [-0.3, -0.25) is 38.0 Å². The Morgan fingerprint density at radius 2 is 1.48 bits per heavy atom. The number of benzene rings is 3. The van der Waals surface area contributed by atoms with E-state index in [-0.39, 0.29) is 53.6 Å². The van der Waals surface area contributed by atoms with E-state index < -0.39 is 11.9 Å². The summed E-state index contributed by atoms with van der Waals surface area (Å²) in [6, 6.07) is 23.9. The molecule has 2 unspecified atom stereocenters.